The highest BCUT2D eigenvalue weighted by Crippen LogP contribution is 1.89. The van der Waals surface area contributed by atoms with Crippen molar-refractivity contribution in [1.29, 1.82) is 0 Å². The first-order chi connectivity index (χ1) is 6.22. The molecule has 78 valence electrons. The number of amides is 1. The number of hydrogen-bond acceptors (Lipinski definition) is 4. The number of rotatable bonds is 6. The van der Waals surface area contributed by atoms with Gasteiger partial charge in [0.05, 0.1) is 13.2 Å². The summed E-state index contributed by atoms with van der Waals surface area (Å²) in [5, 5.41) is 8.39. The van der Waals surface area contributed by atoms with Crippen LogP contribution in [-0.2, 0) is 9.47 Å². The van der Waals surface area contributed by atoms with Gasteiger partial charge in [-0.05, 0) is 6.92 Å². The molecule has 0 saturated heterocycles. The minimum atomic E-state index is -0.436. The van der Waals surface area contributed by atoms with E-state index in [1.807, 2.05) is 6.92 Å². The van der Waals surface area contributed by atoms with Crippen molar-refractivity contribution in [2.45, 2.75) is 6.92 Å². The summed E-state index contributed by atoms with van der Waals surface area (Å²) in [5.74, 6) is 0. The van der Waals surface area contributed by atoms with Crippen molar-refractivity contribution in [1.82, 2.24) is 4.90 Å². The predicted octanol–water partition coefficient (Wildman–Crippen LogP) is 0.0836. The van der Waals surface area contributed by atoms with Gasteiger partial charge in [-0.1, -0.05) is 0 Å². The maximum Gasteiger partial charge on any atom is 0.409 e. The minimum absolute atomic E-state index is 0.0395. The van der Waals surface area contributed by atoms with Crippen LogP contribution in [0.4, 0.5) is 4.79 Å². The van der Waals surface area contributed by atoms with E-state index in [1.165, 1.54) is 4.90 Å². The molecule has 0 aliphatic carbocycles. The van der Waals surface area contributed by atoms with E-state index >= 15 is 0 Å². The second-order valence-electron chi connectivity index (χ2n) is 2.46. The fourth-order valence-electron chi connectivity index (χ4n) is 0.680. The molecule has 0 aliphatic heterocycles. The van der Waals surface area contributed by atoms with Crippen LogP contribution in [0.5, 0.6) is 0 Å². The highest BCUT2D eigenvalue weighted by molar-refractivity contribution is 5.67. The first kappa shape index (κ1) is 12.2. The van der Waals surface area contributed by atoms with Crippen molar-refractivity contribution >= 4 is 6.09 Å². The van der Waals surface area contributed by atoms with E-state index in [1.54, 1.807) is 7.05 Å². The van der Waals surface area contributed by atoms with E-state index < -0.39 is 6.09 Å². The van der Waals surface area contributed by atoms with E-state index in [-0.39, 0.29) is 13.2 Å². The first-order valence-electron chi connectivity index (χ1n) is 4.28. The third kappa shape index (κ3) is 6.36. The van der Waals surface area contributed by atoms with Gasteiger partial charge in [0.2, 0.25) is 0 Å². The summed E-state index contributed by atoms with van der Waals surface area (Å²) in [7, 11) is 1.62. The normalized spacial score (nSPS) is 9.77. The van der Waals surface area contributed by atoms with Gasteiger partial charge >= 0.3 is 6.09 Å². The Balaban J connectivity index is 3.45. The number of nitrogens with zero attached hydrogens (tertiary/aromatic N) is 1. The quantitative estimate of drug-likeness (QED) is 0.604. The van der Waals surface area contributed by atoms with Crippen LogP contribution in [0.3, 0.4) is 0 Å². The van der Waals surface area contributed by atoms with Crippen molar-refractivity contribution in [3.63, 3.8) is 0 Å². The van der Waals surface area contributed by atoms with Crippen LogP contribution in [0.25, 0.3) is 0 Å². The second kappa shape index (κ2) is 7.82. The Morgan fingerprint density at radius 2 is 2.15 bits per heavy atom. The van der Waals surface area contributed by atoms with Crippen LogP contribution in [0, 0.1) is 0 Å². The van der Waals surface area contributed by atoms with Crippen molar-refractivity contribution in [3.05, 3.63) is 0 Å². The average molecular weight is 191 g/mol. The van der Waals surface area contributed by atoms with E-state index in [0.717, 1.165) is 0 Å². The average Bonchev–Trinajstić information content (AvgIpc) is 2.14. The zero-order chi connectivity index (χ0) is 10.1. The number of carbonyl (C=O) groups excluding carboxylic acids is 1. The highest BCUT2D eigenvalue weighted by Gasteiger charge is 2.08. The molecule has 0 radical (unpaired) electrons. The van der Waals surface area contributed by atoms with E-state index in [2.05, 4.69) is 4.74 Å². The van der Waals surface area contributed by atoms with Gasteiger partial charge in [-0.3, -0.25) is 0 Å². The maximum atomic E-state index is 11.0. The molecule has 0 rings (SSSR count). The molecule has 1 N–H and O–H groups in total. The van der Waals surface area contributed by atoms with E-state index in [0.29, 0.717) is 19.8 Å². The zero-order valence-corrected chi connectivity index (χ0v) is 8.15. The Morgan fingerprint density at radius 1 is 1.46 bits per heavy atom. The molecule has 5 nitrogen and oxygen atoms in total. The molecule has 0 atom stereocenters. The lowest BCUT2D eigenvalue weighted by molar-refractivity contribution is 0.0755. The van der Waals surface area contributed by atoms with Crippen LogP contribution in [0.2, 0.25) is 0 Å². The number of hydrogen-bond donors (Lipinski definition) is 1. The summed E-state index contributed by atoms with van der Waals surface area (Å²) < 4.78 is 9.73. The van der Waals surface area contributed by atoms with Crippen LogP contribution < -0.4 is 0 Å². The Bertz CT molecular complexity index is 140. The molecule has 13 heavy (non-hydrogen) atoms. The molecule has 0 aromatic carbocycles. The molecule has 5 heteroatoms. The zero-order valence-electron chi connectivity index (χ0n) is 8.15. The van der Waals surface area contributed by atoms with Crippen molar-refractivity contribution < 1.29 is 19.4 Å². The summed E-state index contributed by atoms with van der Waals surface area (Å²) in [6.07, 6.45) is -0.436. The Hall–Kier alpha value is -0.810. The van der Waals surface area contributed by atoms with Gasteiger partial charge in [0, 0.05) is 20.2 Å². The molecule has 0 aromatic rings. The molecule has 0 bridgehead atoms. The summed E-state index contributed by atoms with van der Waals surface area (Å²) in [5.41, 5.74) is 0. The van der Waals surface area contributed by atoms with E-state index in [4.69, 9.17) is 9.84 Å². The molecule has 1 amide bonds. The first-order valence-corrected chi connectivity index (χ1v) is 4.28. The van der Waals surface area contributed by atoms with Crippen LogP contribution in [0.15, 0.2) is 0 Å². The Labute approximate surface area is 78.2 Å². The molecular formula is C8H17NO4. The van der Waals surface area contributed by atoms with Gasteiger partial charge in [0.25, 0.3) is 0 Å². The summed E-state index contributed by atoms with van der Waals surface area (Å²) >= 11 is 0. The van der Waals surface area contributed by atoms with Gasteiger partial charge in [-0.15, -0.1) is 0 Å². The van der Waals surface area contributed by atoms with E-state index in [9.17, 15) is 4.79 Å². The van der Waals surface area contributed by atoms with Crippen molar-refractivity contribution in [2.24, 2.45) is 0 Å². The lowest BCUT2D eigenvalue weighted by Gasteiger charge is -2.16. The van der Waals surface area contributed by atoms with Gasteiger partial charge in [-0.25, -0.2) is 4.79 Å². The summed E-state index contributed by atoms with van der Waals surface area (Å²) in [6, 6.07) is 0. The summed E-state index contributed by atoms with van der Waals surface area (Å²) in [6.45, 7) is 3.42. The lowest BCUT2D eigenvalue weighted by atomic mass is 10.6. The van der Waals surface area contributed by atoms with Gasteiger partial charge in [0.15, 0.2) is 0 Å². The minimum Gasteiger partial charge on any atom is -0.447 e. The van der Waals surface area contributed by atoms with Crippen LogP contribution >= 0.6 is 0 Å². The number of aliphatic hydroxyl groups excluding tert-OH is 1. The predicted molar refractivity (Wildman–Crippen MR) is 47.6 cm³/mol. The second-order valence-corrected chi connectivity index (χ2v) is 2.46. The smallest absolute Gasteiger partial charge is 0.409 e. The van der Waals surface area contributed by atoms with Gasteiger partial charge in [-0.2, -0.15) is 0 Å². The number of aliphatic hydroxyl groups is 1. The third-order valence-corrected chi connectivity index (χ3v) is 1.40. The number of likely N-dealkylation sites (N-methyl/N-ethyl adjacent to an activating group) is 1. The Kier molecular flexibility index (Phi) is 7.33. The largest absolute Gasteiger partial charge is 0.447 e. The van der Waals surface area contributed by atoms with Crippen molar-refractivity contribution in [2.75, 3.05) is 40.0 Å². The molecule has 0 heterocycles. The fraction of sp³-hybridized carbons (Fsp3) is 0.875. The van der Waals surface area contributed by atoms with Crippen LogP contribution in [-0.4, -0.2) is 56.1 Å². The SMILES string of the molecule is CCOCCN(C)C(=O)OCCO. The molecule has 0 aromatic heterocycles. The standard InChI is InChI=1S/C8H17NO4/c1-3-12-6-4-9(2)8(11)13-7-5-10/h10H,3-7H2,1-2H3. The molecule has 0 saturated carbocycles. The van der Waals surface area contributed by atoms with Crippen molar-refractivity contribution in [3.8, 4) is 0 Å². The Morgan fingerprint density at radius 3 is 2.69 bits per heavy atom. The topological polar surface area (TPSA) is 59.0 Å². The molecular weight excluding hydrogens is 174 g/mol. The lowest BCUT2D eigenvalue weighted by Crippen LogP contribution is -2.31. The molecule has 0 spiro atoms. The van der Waals surface area contributed by atoms with Gasteiger partial charge in [0.1, 0.15) is 6.61 Å². The molecule has 0 aliphatic rings. The molecule has 0 fully saturated rings. The number of ether oxygens (including phenoxy) is 2. The van der Waals surface area contributed by atoms with Crippen LogP contribution in [0.1, 0.15) is 6.92 Å². The molecule has 0 unspecified atom stereocenters. The van der Waals surface area contributed by atoms with Gasteiger partial charge < -0.3 is 19.5 Å². The maximum absolute atomic E-state index is 11.0. The third-order valence-electron chi connectivity index (χ3n) is 1.40. The number of carbonyl (C=O) groups is 1. The highest BCUT2D eigenvalue weighted by atomic mass is 16.6. The monoisotopic (exact) mass is 191 g/mol. The summed E-state index contributed by atoms with van der Waals surface area (Å²) in [4.78, 5) is 12.4. The fourth-order valence-corrected chi connectivity index (χ4v) is 0.680.